The maximum absolute atomic E-state index is 14.5. The van der Waals surface area contributed by atoms with Crippen molar-refractivity contribution < 1.29 is 14.4 Å². The van der Waals surface area contributed by atoms with Crippen molar-refractivity contribution in [3.8, 4) is 0 Å². The van der Waals surface area contributed by atoms with Crippen molar-refractivity contribution in [2.45, 2.75) is 24.2 Å². The highest BCUT2D eigenvalue weighted by Crippen LogP contribution is 2.55. The molecule has 3 aromatic rings. The Labute approximate surface area is 228 Å². The average molecular weight is 519 g/mol. The molecule has 5 atom stereocenters. The summed E-state index contributed by atoms with van der Waals surface area (Å²) in [5, 5.41) is 3.59. The van der Waals surface area contributed by atoms with E-state index in [9.17, 15) is 14.4 Å². The number of anilines is 1. The van der Waals surface area contributed by atoms with Crippen molar-refractivity contribution in [1.82, 2.24) is 14.9 Å². The molecule has 3 aliphatic heterocycles. The van der Waals surface area contributed by atoms with Gasteiger partial charge in [0.15, 0.2) is 0 Å². The highest BCUT2D eigenvalue weighted by Gasteiger charge is 2.69. The molecule has 3 fully saturated rings. The molecule has 0 aromatic heterocycles. The van der Waals surface area contributed by atoms with Crippen LogP contribution in [0.4, 0.5) is 5.69 Å². The molecule has 0 saturated carbocycles. The normalized spacial score (nSPS) is 26.3. The Morgan fingerprint density at radius 1 is 0.641 bits per heavy atom. The molecule has 0 N–H and O–H groups in total. The van der Waals surface area contributed by atoms with Crippen LogP contribution in [0, 0.1) is 5.92 Å². The summed E-state index contributed by atoms with van der Waals surface area (Å²) in [7, 11) is 0. The molecule has 3 amide bonds. The van der Waals surface area contributed by atoms with E-state index in [4.69, 9.17) is 0 Å². The van der Waals surface area contributed by atoms with Gasteiger partial charge in [-0.05, 0) is 23.3 Å². The Bertz CT molecular complexity index is 1400. The van der Waals surface area contributed by atoms with Gasteiger partial charge in [-0.15, -0.1) is 13.2 Å². The molecule has 0 radical (unpaired) electrons. The summed E-state index contributed by atoms with van der Waals surface area (Å²) in [6, 6.07) is 26.1. The van der Waals surface area contributed by atoms with Crippen LogP contribution in [0.3, 0.4) is 0 Å². The Balaban J connectivity index is 1.54. The first kappa shape index (κ1) is 25.0. The van der Waals surface area contributed by atoms with Gasteiger partial charge in [0.2, 0.25) is 5.91 Å². The maximum atomic E-state index is 14.5. The van der Waals surface area contributed by atoms with Gasteiger partial charge in [0.05, 0.1) is 23.7 Å². The number of amides is 3. The molecule has 7 heteroatoms. The minimum Gasteiger partial charge on any atom is -0.283 e. The van der Waals surface area contributed by atoms with E-state index in [1.807, 2.05) is 76.6 Å². The molecule has 196 valence electrons. The number of benzene rings is 3. The van der Waals surface area contributed by atoms with E-state index in [0.717, 1.165) is 11.1 Å². The predicted octanol–water partition coefficient (Wildman–Crippen LogP) is 4.14. The number of hydrogen-bond donors (Lipinski definition) is 0. The van der Waals surface area contributed by atoms with Gasteiger partial charge in [-0.2, -0.15) is 5.01 Å². The molecule has 6 rings (SSSR count). The smallest absolute Gasteiger partial charge is 0.259 e. The second kappa shape index (κ2) is 10.1. The summed E-state index contributed by atoms with van der Waals surface area (Å²) in [4.78, 5) is 45.9. The van der Waals surface area contributed by atoms with Crippen LogP contribution in [0.5, 0.6) is 0 Å². The lowest BCUT2D eigenvalue weighted by atomic mass is 9.87. The summed E-state index contributed by atoms with van der Waals surface area (Å²) >= 11 is 0. The van der Waals surface area contributed by atoms with Crippen molar-refractivity contribution >= 4 is 23.4 Å². The third-order valence-electron chi connectivity index (χ3n) is 7.94. The van der Waals surface area contributed by atoms with Crippen LogP contribution in [0.1, 0.15) is 23.2 Å². The molecule has 7 nitrogen and oxygen atoms in total. The van der Waals surface area contributed by atoms with E-state index >= 15 is 0 Å². The highest BCUT2D eigenvalue weighted by atomic mass is 16.2. The largest absolute Gasteiger partial charge is 0.283 e. The molecule has 3 aromatic carbocycles. The molecule has 3 saturated heterocycles. The van der Waals surface area contributed by atoms with Crippen LogP contribution in [-0.2, 0) is 14.4 Å². The SMILES string of the molecule is C=CCN(CC=C)[C@H]1C(=O)N2[C@@H]3C(=O)N(c4ccccc4)C(=O)[C@@H]3[C@H](c3ccccc3)N2[C@@H]1c1ccccc1. The molecule has 0 bridgehead atoms. The Morgan fingerprint density at radius 3 is 1.69 bits per heavy atom. The van der Waals surface area contributed by atoms with E-state index in [-0.39, 0.29) is 17.7 Å². The van der Waals surface area contributed by atoms with Crippen LogP contribution >= 0.6 is 0 Å². The van der Waals surface area contributed by atoms with E-state index in [2.05, 4.69) is 13.2 Å². The number of fused-ring (bicyclic) bond motifs is 3. The summed E-state index contributed by atoms with van der Waals surface area (Å²) in [6.07, 6.45) is 3.55. The van der Waals surface area contributed by atoms with Gasteiger partial charge in [0.25, 0.3) is 11.8 Å². The maximum Gasteiger partial charge on any atom is 0.259 e. The second-order valence-corrected chi connectivity index (χ2v) is 10.1. The van der Waals surface area contributed by atoms with Crippen LogP contribution in [-0.4, -0.2) is 57.8 Å². The number of hydrogen-bond acceptors (Lipinski definition) is 5. The van der Waals surface area contributed by atoms with E-state index in [1.165, 1.54) is 4.90 Å². The standard InChI is InChI=1S/C32H30N4O3/c1-3-20-33(21-4-2)29-27(23-16-10-6-11-17-23)35-26(22-14-8-5-9-15-22)25-28(36(35)32(29)39)31(38)34(30(25)37)24-18-12-7-13-19-24/h3-19,25-29H,1-2,20-21H2/t25-,26+,27-,28+,29-/m1/s1. The number of hydrazine groups is 1. The molecule has 0 spiro atoms. The molecular weight excluding hydrogens is 488 g/mol. The first-order valence-corrected chi connectivity index (χ1v) is 13.2. The topological polar surface area (TPSA) is 64.2 Å². The number of carbonyl (C=O) groups excluding carboxylic acids is 3. The van der Waals surface area contributed by atoms with Gasteiger partial charge in [-0.3, -0.25) is 24.3 Å². The number of nitrogens with zero attached hydrogens (tertiary/aromatic N) is 4. The molecular formula is C32H30N4O3. The summed E-state index contributed by atoms with van der Waals surface area (Å²) in [6.45, 7) is 8.77. The van der Waals surface area contributed by atoms with Crippen LogP contribution in [0.15, 0.2) is 116 Å². The zero-order valence-corrected chi connectivity index (χ0v) is 21.5. The van der Waals surface area contributed by atoms with E-state index in [1.54, 1.807) is 41.4 Å². The van der Waals surface area contributed by atoms with E-state index < -0.39 is 30.1 Å². The van der Waals surface area contributed by atoms with Gasteiger partial charge in [0, 0.05) is 13.1 Å². The fraction of sp³-hybridized carbons (Fsp3) is 0.219. The Kier molecular flexibility index (Phi) is 6.46. The summed E-state index contributed by atoms with van der Waals surface area (Å²) < 4.78 is 0. The minimum absolute atomic E-state index is 0.197. The molecule has 3 heterocycles. The molecule has 0 unspecified atom stereocenters. The van der Waals surface area contributed by atoms with Crippen molar-refractivity contribution in [1.29, 1.82) is 0 Å². The van der Waals surface area contributed by atoms with Crippen LogP contribution in [0.25, 0.3) is 0 Å². The number of rotatable bonds is 8. The second-order valence-electron chi connectivity index (χ2n) is 10.1. The van der Waals surface area contributed by atoms with Crippen LogP contribution in [0.2, 0.25) is 0 Å². The summed E-state index contributed by atoms with van der Waals surface area (Å²) in [5.41, 5.74) is 2.35. The monoisotopic (exact) mass is 518 g/mol. The van der Waals surface area contributed by atoms with E-state index in [0.29, 0.717) is 18.8 Å². The van der Waals surface area contributed by atoms with Crippen molar-refractivity contribution in [3.63, 3.8) is 0 Å². The van der Waals surface area contributed by atoms with Gasteiger partial charge >= 0.3 is 0 Å². The lowest BCUT2D eigenvalue weighted by Gasteiger charge is -2.36. The highest BCUT2D eigenvalue weighted by molar-refractivity contribution is 6.25. The fourth-order valence-electron chi connectivity index (χ4n) is 6.47. The third kappa shape index (κ3) is 3.85. The Morgan fingerprint density at radius 2 is 1.15 bits per heavy atom. The zero-order chi connectivity index (χ0) is 27.1. The molecule has 39 heavy (non-hydrogen) atoms. The Hall–Kier alpha value is -4.33. The number of imide groups is 1. The van der Waals surface area contributed by atoms with Crippen LogP contribution < -0.4 is 4.90 Å². The average Bonchev–Trinajstić information content (AvgIpc) is 3.55. The van der Waals surface area contributed by atoms with Gasteiger partial charge in [0.1, 0.15) is 12.1 Å². The first-order chi connectivity index (χ1) is 19.1. The zero-order valence-electron chi connectivity index (χ0n) is 21.5. The number of carbonyl (C=O) groups is 3. The van der Waals surface area contributed by atoms with Crippen molar-refractivity contribution in [3.05, 3.63) is 127 Å². The third-order valence-corrected chi connectivity index (χ3v) is 7.94. The molecule has 3 aliphatic rings. The van der Waals surface area contributed by atoms with Gasteiger partial charge in [-0.25, -0.2) is 4.90 Å². The summed E-state index contributed by atoms with van der Waals surface area (Å²) in [5.74, 6) is -1.59. The van der Waals surface area contributed by atoms with Crippen molar-refractivity contribution in [2.75, 3.05) is 18.0 Å². The quantitative estimate of drug-likeness (QED) is 0.331. The lowest BCUT2D eigenvalue weighted by Crippen LogP contribution is -2.48. The lowest BCUT2D eigenvalue weighted by molar-refractivity contribution is -0.146. The van der Waals surface area contributed by atoms with Gasteiger partial charge in [-0.1, -0.05) is 91.0 Å². The predicted molar refractivity (Wildman–Crippen MR) is 149 cm³/mol. The fourth-order valence-corrected chi connectivity index (χ4v) is 6.47. The van der Waals surface area contributed by atoms with Gasteiger partial charge < -0.3 is 0 Å². The van der Waals surface area contributed by atoms with Crippen molar-refractivity contribution in [2.24, 2.45) is 5.92 Å². The minimum atomic E-state index is -0.930. The molecule has 0 aliphatic carbocycles. The number of para-hydroxylation sites is 1. The first-order valence-electron chi connectivity index (χ1n) is 13.2.